The van der Waals surface area contributed by atoms with E-state index >= 15 is 0 Å². The molecule has 2 rings (SSSR count). The molecule has 0 saturated carbocycles. The molecule has 4 nitrogen and oxygen atoms in total. The Bertz CT molecular complexity index is 525. The van der Waals surface area contributed by atoms with Gasteiger partial charge in [0.15, 0.2) is 0 Å². The monoisotopic (exact) mass is 316 g/mol. The molecule has 126 valence electrons. The van der Waals surface area contributed by atoms with E-state index in [-0.39, 0.29) is 11.8 Å². The quantitative estimate of drug-likeness (QED) is 0.794. The third-order valence-corrected chi connectivity index (χ3v) is 4.61. The maximum Gasteiger partial charge on any atom is 0.251 e. The molecule has 23 heavy (non-hydrogen) atoms. The van der Waals surface area contributed by atoms with Crippen molar-refractivity contribution < 1.29 is 9.59 Å². The molecule has 2 amide bonds. The first kappa shape index (κ1) is 17.5. The predicted octanol–water partition coefficient (Wildman–Crippen LogP) is 3.76. The summed E-state index contributed by atoms with van der Waals surface area (Å²) in [6.07, 6.45) is 6.21. The number of nitrogens with zero attached hydrogens (tertiary/aromatic N) is 1. The Kier molecular flexibility index (Phi) is 6.63. The zero-order chi connectivity index (χ0) is 16.7. The van der Waals surface area contributed by atoms with E-state index in [0.717, 1.165) is 31.6 Å². The third kappa shape index (κ3) is 4.81. The van der Waals surface area contributed by atoms with E-state index in [0.29, 0.717) is 17.9 Å². The third-order valence-electron chi connectivity index (χ3n) is 4.61. The molecule has 4 heteroatoms. The number of carbonyl (C=O) groups excluding carboxylic acids is 2. The van der Waals surface area contributed by atoms with Gasteiger partial charge in [-0.2, -0.15) is 0 Å². The maximum atomic E-state index is 12.2. The van der Waals surface area contributed by atoms with Crippen LogP contribution in [0.15, 0.2) is 24.3 Å². The normalized spacial score (nSPS) is 15.7. The van der Waals surface area contributed by atoms with Crippen molar-refractivity contribution in [3.05, 3.63) is 29.8 Å². The minimum Gasteiger partial charge on any atom is -0.352 e. The molecule has 1 unspecified atom stereocenters. The fourth-order valence-electron chi connectivity index (χ4n) is 3.00. The van der Waals surface area contributed by atoms with Crippen LogP contribution in [0.2, 0.25) is 0 Å². The number of carbonyl (C=O) groups is 2. The summed E-state index contributed by atoms with van der Waals surface area (Å²) in [5.41, 5.74) is 1.55. The largest absolute Gasteiger partial charge is 0.352 e. The van der Waals surface area contributed by atoms with Gasteiger partial charge < -0.3 is 10.2 Å². The van der Waals surface area contributed by atoms with Crippen LogP contribution in [0, 0.1) is 5.92 Å². The number of rotatable bonds is 8. The van der Waals surface area contributed by atoms with Gasteiger partial charge in [-0.25, -0.2) is 0 Å². The van der Waals surface area contributed by atoms with Crippen LogP contribution in [0.25, 0.3) is 0 Å². The lowest BCUT2D eigenvalue weighted by Gasteiger charge is -2.17. The summed E-state index contributed by atoms with van der Waals surface area (Å²) in [4.78, 5) is 25.8. The van der Waals surface area contributed by atoms with Gasteiger partial charge in [-0.3, -0.25) is 9.59 Å². The van der Waals surface area contributed by atoms with Gasteiger partial charge in [0.2, 0.25) is 5.91 Å². The summed E-state index contributed by atoms with van der Waals surface area (Å²) in [7, 11) is 0. The number of hydrogen-bond donors (Lipinski definition) is 1. The Hall–Kier alpha value is -1.84. The summed E-state index contributed by atoms with van der Waals surface area (Å²) in [6.45, 7) is 5.88. The summed E-state index contributed by atoms with van der Waals surface area (Å²) in [5, 5.41) is 3.04. The Morgan fingerprint density at radius 3 is 2.57 bits per heavy atom. The average molecular weight is 316 g/mol. The first-order valence-electron chi connectivity index (χ1n) is 8.84. The van der Waals surface area contributed by atoms with E-state index < -0.39 is 0 Å². The molecule has 0 radical (unpaired) electrons. The van der Waals surface area contributed by atoms with Gasteiger partial charge >= 0.3 is 0 Å². The molecule has 0 aliphatic carbocycles. The fraction of sp³-hybridized carbons (Fsp3) is 0.579. The van der Waals surface area contributed by atoms with Gasteiger partial charge in [-0.1, -0.05) is 33.1 Å². The number of benzene rings is 1. The van der Waals surface area contributed by atoms with Crippen LogP contribution in [-0.4, -0.2) is 24.9 Å². The van der Waals surface area contributed by atoms with Gasteiger partial charge in [0, 0.05) is 30.8 Å². The lowest BCUT2D eigenvalue weighted by atomic mass is 9.99. The van der Waals surface area contributed by atoms with Gasteiger partial charge in [0.05, 0.1) is 0 Å². The highest BCUT2D eigenvalue weighted by Gasteiger charge is 2.21. The second kappa shape index (κ2) is 8.70. The summed E-state index contributed by atoms with van der Waals surface area (Å²) >= 11 is 0. The molecule has 0 aromatic heterocycles. The van der Waals surface area contributed by atoms with Gasteiger partial charge in [-0.15, -0.1) is 0 Å². The second-order valence-corrected chi connectivity index (χ2v) is 6.32. The number of amides is 2. The van der Waals surface area contributed by atoms with Crippen molar-refractivity contribution in [2.45, 2.75) is 52.4 Å². The summed E-state index contributed by atoms with van der Waals surface area (Å²) in [6, 6.07) is 7.35. The lowest BCUT2D eigenvalue weighted by Crippen LogP contribution is -2.29. The lowest BCUT2D eigenvalue weighted by molar-refractivity contribution is -0.117. The van der Waals surface area contributed by atoms with Crippen molar-refractivity contribution in [3.63, 3.8) is 0 Å². The molecule has 1 aliphatic rings. The molecule has 1 aromatic carbocycles. The molecule has 1 aliphatic heterocycles. The highest BCUT2D eigenvalue weighted by molar-refractivity contribution is 5.97. The number of unbranched alkanes of at least 4 members (excludes halogenated alkanes) is 1. The Labute approximate surface area is 139 Å². The van der Waals surface area contributed by atoms with Crippen molar-refractivity contribution in [3.8, 4) is 0 Å². The minimum absolute atomic E-state index is 0.0285. The maximum absolute atomic E-state index is 12.2. The summed E-state index contributed by atoms with van der Waals surface area (Å²) < 4.78 is 0. The molecule has 1 heterocycles. The van der Waals surface area contributed by atoms with Crippen LogP contribution in [0.1, 0.15) is 62.7 Å². The second-order valence-electron chi connectivity index (χ2n) is 6.32. The Morgan fingerprint density at radius 1 is 1.26 bits per heavy atom. The molecule has 1 atom stereocenters. The SMILES string of the molecule is CCCCC(CC)CNC(=O)c1ccc(N2CCCC2=O)cc1. The van der Waals surface area contributed by atoms with E-state index in [2.05, 4.69) is 19.2 Å². The first-order chi connectivity index (χ1) is 11.2. The van der Waals surface area contributed by atoms with Crippen LogP contribution in [-0.2, 0) is 4.79 Å². The standard InChI is InChI=1S/C19H28N2O2/c1-3-5-7-15(4-2)14-20-19(23)16-9-11-17(12-10-16)21-13-6-8-18(21)22/h9-12,15H,3-8,13-14H2,1-2H3,(H,20,23). The van der Waals surface area contributed by atoms with Crippen molar-refractivity contribution in [1.82, 2.24) is 5.32 Å². The Morgan fingerprint density at radius 2 is 2.00 bits per heavy atom. The molecular formula is C19H28N2O2. The molecule has 1 N–H and O–H groups in total. The fourth-order valence-corrected chi connectivity index (χ4v) is 3.00. The van der Waals surface area contributed by atoms with E-state index in [1.54, 1.807) is 4.90 Å². The van der Waals surface area contributed by atoms with Crippen LogP contribution < -0.4 is 10.2 Å². The van der Waals surface area contributed by atoms with Crippen molar-refractivity contribution in [1.29, 1.82) is 0 Å². The van der Waals surface area contributed by atoms with Gasteiger partial charge in [-0.05, 0) is 43.0 Å². The highest BCUT2D eigenvalue weighted by Crippen LogP contribution is 2.21. The van der Waals surface area contributed by atoms with Crippen molar-refractivity contribution >= 4 is 17.5 Å². The van der Waals surface area contributed by atoms with Crippen LogP contribution in [0.4, 0.5) is 5.69 Å². The highest BCUT2D eigenvalue weighted by atomic mass is 16.2. The molecule has 1 aromatic rings. The van der Waals surface area contributed by atoms with Gasteiger partial charge in [0.25, 0.3) is 5.91 Å². The first-order valence-corrected chi connectivity index (χ1v) is 8.84. The van der Waals surface area contributed by atoms with E-state index in [4.69, 9.17) is 0 Å². The van der Waals surface area contributed by atoms with Crippen molar-refractivity contribution in [2.24, 2.45) is 5.92 Å². The number of hydrogen-bond acceptors (Lipinski definition) is 2. The molecule has 0 spiro atoms. The molecule has 1 saturated heterocycles. The van der Waals surface area contributed by atoms with E-state index in [1.165, 1.54) is 19.3 Å². The number of anilines is 1. The average Bonchev–Trinajstić information content (AvgIpc) is 3.01. The van der Waals surface area contributed by atoms with Crippen LogP contribution in [0.3, 0.4) is 0 Å². The van der Waals surface area contributed by atoms with Crippen LogP contribution in [0.5, 0.6) is 0 Å². The molecular weight excluding hydrogens is 288 g/mol. The smallest absolute Gasteiger partial charge is 0.251 e. The number of nitrogens with one attached hydrogen (secondary N) is 1. The zero-order valence-electron chi connectivity index (χ0n) is 14.3. The van der Waals surface area contributed by atoms with E-state index in [1.807, 2.05) is 24.3 Å². The van der Waals surface area contributed by atoms with Crippen LogP contribution >= 0.6 is 0 Å². The summed E-state index contributed by atoms with van der Waals surface area (Å²) in [5.74, 6) is 0.698. The zero-order valence-corrected chi connectivity index (χ0v) is 14.3. The van der Waals surface area contributed by atoms with Gasteiger partial charge in [0.1, 0.15) is 0 Å². The Balaban J connectivity index is 1.88. The molecule has 0 bridgehead atoms. The topological polar surface area (TPSA) is 49.4 Å². The minimum atomic E-state index is -0.0285. The molecule has 1 fully saturated rings. The van der Waals surface area contributed by atoms with Crippen molar-refractivity contribution in [2.75, 3.05) is 18.0 Å². The predicted molar refractivity (Wildman–Crippen MR) is 93.7 cm³/mol. The van der Waals surface area contributed by atoms with E-state index in [9.17, 15) is 9.59 Å².